The number of hydrogen-bond acceptors (Lipinski definition) is 5. The third kappa shape index (κ3) is 5.91. The van der Waals surface area contributed by atoms with Crippen LogP contribution >= 0.6 is 0 Å². The molecule has 1 N–H and O–H groups in total. The lowest BCUT2D eigenvalue weighted by molar-refractivity contribution is -0.120. The topological polar surface area (TPSA) is 99.7 Å². The molecule has 4 aromatic rings. The fourth-order valence-electron chi connectivity index (χ4n) is 4.44. The molecular formula is C31H26N4O4. The van der Waals surface area contributed by atoms with Crippen molar-refractivity contribution in [1.29, 1.82) is 0 Å². The van der Waals surface area contributed by atoms with Gasteiger partial charge >= 0.3 is 0 Å². The molecule has 0 radical (unpaired) electrons. The minimum Gasteiger partial charge on any atom is -0.328 e. The number of para-hydroxylation sites is 1. The van der Waals surface area contributed by atoms with Crippen molar-refractivity contribution in [1.82, 2.24) is 9.88 Å². The second kappa shape index (κ2) is 11.1. The van der Waals surface area contributed by atoms with E-state index in [2.05, 4.69) is 10.3 Å². The first-order chi connectivity index (χ1) is 18.9. The molecule has 39 heavy (non-hydrogen) atoms. The Morgan fingerprint density at radius 2 is 1.56 bits per heavy atom. The van der Waals surface area contributed by atoms with Crippen molar-refractivity contribution in [3.05, 3.63) is 108 Å². The molecule has 8 heteroatoms. The lowest BCUT2D eigenvalue weighted by Crippen LogP contribution is -2.52. The van der Waals surface area contributed by atoms with Crippen LogP contribution in [0, 0.1) is 0 Å². The molecule has 5 rings (SSSR count). The summed E-state index contributed by atoms with van der Waals surface area (Å²) in [6.45, 7) is 2.12. The predicted molar refractivity (Wildman–Crippen MR) is 151 cm³/mol. The second-order valence-corrected chi connectivity index (χ2v) is 9.20. The molecule has 1 saturated heterocycles. The third-order valence-corrected chi connectivity index (χ3v) is 6.45. The number of benzene rings is 3. The molecule has 3 amide bonds. The quantitative estimate of drug-likeness (QED) is 0.298. The minimum atomic E-state index is -0.265. The summed E-state index contributed by atoms with van der Waals surface area (Å²) < 4.78 is 0. The zero-order chi connectivity index (χ0) is 27.4. The number of carbonyl (C=O) groups excluding carboxylic acids is 4. The molecule has 0 aliphatic carbocycles. The lowest BCUT2D eigenvalue weighted by Gasteiger charge is -2.34. The SMILES string of the molecule is CC(=O)Nc1ccc(N2CCN(C(=O)c3ccc(C(=O)C=Cc4ccc5ccccc5n4)cc3)CC2=O)cc1. The molecule has 0 spiro atoms. The number of rotatable bonds is 6. The van der Waals surface area contributed by atoms with E-state index in [1.807, 2.05) is 36.4 Å². The van der Waals surface area contributed by atoms with Crippen molar-refractivity contribution < 1.29 is 19.2 Å². The number of fused-ring (bicyclic) bond motifs is 1. The summed E-state index contributed by atoms with van der Waals surface area (Å²) in [5.74, 6) is -0.824. The average molecular weight is 519 g/mol. The lowest BCUT2D eigenvalue weighted by atomic mass is 10.1. The van der Waals surface area contributed by atoms with Gasteiger partial charge in [0, 0.05) is 47.9 Å². The first-order valence-electron chi connectivity index (χ1n) is 12.5. The molecule has 0 atom stereocenters. The van der Waals surface area contributed by atoms with E-state index in [1.54, 1.807) is 59.5 Å². The molecule has 8 nitrogen and oxygen atoms in total. The van der Waals surface area contributed by atoms with Crippen LogP contribution in [0.3, 0.4) is 0 Å². The van der Waals surface area contributed by atoms with Crippen molar-refractivity contribution in [2.24, 2.45) is 0 Å². The van der Waals surface area contributed by atoms with Gasteiger partial charge in [0.25, 0.3) is 5.91 Å². The number of anilines is 2. The Hall–Kier alpha value is -5.11. The van der Waals surface area contributed by atoms with Crippen LogP contribution in [0.15, 0.2) is 91.0 Å². The highest BCUT2D eigenvalue weighted by atomic mass is 16.2. The first kappa shape index (κ1) is 25.5. The summed E-state index contributed by atoms with van der Waals surface area (Å²) in [6.07, 6.45) is 3.14. The number of hydrogen-bond donors (Lipinski definition) is 1. The number of carbonyl (C=O) groups is 4. The van der Waals surface area contributed by atoms with E-state index in [9.17, 15) is 19.2 Å². The van der Waals surface area contributed by atoms with Crippen LogP contribution < -0.4 is 10.2 Å². The Balaban J connectivity index is 1.19. The van der Waals surface area contributed by atoms with Gasteiger partial charge in [0.2, 0.25) is 11.8 Å². The van der Waals surface area contributed by atoms with E-state index in [1.165, 1.54) is 17.9 Å². The van der Waals surface area contributed by atoms with Gasteiger partial charge in [0.15, 0.2) is 5.78 Å². The fourth-order valence-corrected chi connectivity index (χ4v) is 4.44. The molecule has 194 valence electrons. The van der Waals surface area contributed by atoms with Gasteiger partial charge < -0.3 is 15.1 Å². The maximum Gasteiger partial charge on any atom is 0.254 e. The Bertz CT molecular complexity index is 1590. The van der Waals surface area contributed by atoms with E-state index < -0.39 is 0 Å². The van der Waals surface area contributed by atoms with Gasteiger partial charge in [-0.25, -0.2) is 4.98 Å². The smallest absolute Gasteiger partial charge is 0.254 e. The summed E-state index contributed by atoms with van der Waals surface area (Å²) in [4.78, 5) is 57.4. The highest BCUT2D eigenvalue weighted by Gasteiger charge is 2.28. The van der Waals surface area contributed by atoms with Gasteiger partial charge in [-0.3, -0.25) is 19.2 Å². The largest absolute Gasteiger partial charge is 0.328 e. The van der Waals surface area contributed by atoms with Crippen LogP contribution in [0.1, 0.15) is 33.3 Å². The number of piperazine rings is 1. The average Bonchev–Trinajstić information content (AvgIpc) is 2.95. The van der Waals surface area contributed by atoms with Crippen molar-refractivity contribution >= 4 is 51.9 Å². The molecule has 0 bridgehead atoms. The van der Waals surface area contributed by atoms with Gasteiger partial charge in [-0.15, -0.1) is 0 Å². The maximum absolute atomic E-state index is 13.0. The van der Waals surface area contributed by atoms with Gasteiger partial charge in [0.05, 0.1) is 11.2 Å². The Kier molecular flexibility index (Phi) is 7.27. The van der Waals surface area contributed by atoms with Crippen molar-refractivity contribution in [2.75, 3.05) is 29.9 Å². The van der Waals surface area contributed by atoms with Crippen LogP contribution in [0.2, 0.25) is 0 Å². The normalized spacial score (nSPS) is 13.6. The zero-order valence-corrected chi connectivity index (χ0v) is 21.3. The maximum atomic E-state index is 13.0. The first-order valence-corrected chi connectivity index (χ1v) is 12.5. The van der Waals surface area contributed by atoms with Crippen LogP contribution in [-0.4, -0.2) is 53.0 Å². The van der Waals surface area contributed by atoms with E-state index in [4.69, 9.17) is 0 Å². The molecule has 1 aliphatic rings. The molecule has 1 fully saturated rings. The number of aromatic nitrogens is 1. The monoisotopic (exact) mass is 518 g/mol. The summed E-state index contributed by atoms with van der Waals surface area (Å²) in [5, 5.41) is 3.72. The van der Waals surface area contributed by atoms with Crippen molar-refractivity contribution in [3.63, 3.8) is 0 Å². The fraction of sp³-hybridized carbons (Fsp3) is 0.129. The number of pyridine rings is 1. The summed E-state index contributed by atoms with van der Waals surface area (Å²) in [6, 6.07) is 25.0. The molecule has 1 aliphatic heterocycles. The van der Waals surface area contributed by atoms with Gasteiger partial charge in [-0.05, 0) is 60.7 Å². The Labute approximate surface area is 225 Å². The molecule has 2 heterocycles. The zero-order valence-electron chi connectivity index (χ0n) is 21.3. The molecular weight excluding hydrogens is 492 g/mol. The molecule has 0 saturated carbocycles. The Morgan fingerprint density at radius 3 is 2.28 bits per heavy atom. The molecule has 1 aromatic heterocycles. The highest BCUT2D eigenvalue weighted by Crippen LogP contribution is 2.21. The summed E-state index contributed by atoms with van der Waals surface area (Å²) in [7, 11) is 0. The standard InChI is InChI=1S/C31H26N4O4/c1-21(36)32-25-12-15-27(16-13-25)35-19-18-34(20-30(35)38)31(39)24-8-6-23(7-9-24)29(37)17-14-26-11-10-22-4-2-3-5-28(22)33-26/h2-17H,18-20H2,1H3,(H,32,36). The van der Waals surface area contributed by atoms with Crippen LogP contribution in [0.4, 0.5) is 11.4 Å². The summed E-state index contributed by atoms with van der Waals surface area (Å²) in [5.41, 5.74) is 3.75. The van der Waals surface area contributed by atoms with Gasteiger partial charge in [-0.2, -0.15) is 0 Å². The predicted octanol–water partition coefficient (Wildman–Crippen LogP) is 4.58. The van der Waals surface area contributed by atoms with Crippen molar-refractivity contribution in [3.8, 4) is 0 Å². The highest BCUT2D eigenvalue weighted by molar-refractivity contribution is 6.07. The number of amides is 3. The Morgan fingerprint density at radius 1 is 0.846 bits per heavy atom. The van der Waals surface area contributed by atoms with Crippen molar-refractivity contribution in [2.45, 2.75) is 6.92 Å². The minimum absolute atomic E-state index is 0.0472. The van der Waals surface area contributed by atoms with Gasteiger partial charge in [0.1, 0.15) is 6.54 Å². The van der Waals surface area contributed by atoms with Crippen LogP contribution in [0.25, 0.3) is 17.0 Å². The van der Waals surface area contributed by atoms with E-state index in [0.29, 0.717) is 41.3 Å². The molecule has 3 aromatic carbocycles. The summed E-state index contributed by atoms with van der Waals surface area (Å²) >= 11 is 0. The van der Waals surface area contributed by atoms with E-state index >= 15 is 0 Å². The molecule has 0 unspecified atom stereocenters. The third-order valence-electron chi connectivity index (χ3n) is 6.45. The number of allylic oxidation sites excluding steroid dienone is 1. The van der Waals surface area contributed by atoms with E-state index in [0.717, 1.165) is 10.9 Å². The second-order valence-electron chi connectivity index (χ2n) is 9.20. The van der Waals surface area contributed by atoms with Gasteiger partial charge in [-0.1, -0.05) is 36.4 Å². The number of ketones is 1. The number of nitrogens with one attached hydrogen (secondary N) is 1. The number of nitrogens with zero attached hydrogens (tertiary/aromatic N) is 3. The van der Waals surface area contributed by atoms with Crippen LogP contribution in [-0.2, 0) is 9.59 Å². The van der Waals surface area contributed by atoms with E-state index in [-0.39, 0.29) is 30.0 Å². The van der Waals surface area contributed by atoms with Crippen LogP contribution in [0.5, 0.6) is 0 Å².